The van der Waals surface area contributed by atoms with Gasteiger partial charge in [0.2, 0.25) is 0 Å². The van der Waals surface area contributed by atoms with E-state index in [1.165, 1.54) is 70.6 Å². The molecule has 370 valence electrons. The monoisotopic (exact) mass is 912 g/mol. The van der Waals surface area contributed by atoms with E-state index in [-0.39, 0.29) is 33.3 Å². The second-order valence-electron chi connectivity index (χ2n) is 23.5. The minimum absolute atomic E-state index is 0.0213. The Bertz CT molecular complexity index is 1850. The Labute approximate surface area is 402 Å². The van der Waals surface area contributed by atoms with Crippen molar-refractivity contribution in [2.75, 3.05) is 20.3 Å². The summed E-state index contributed by atoms with van der Waals surface area (Å²) in [5.41, 5.74) is 3.23. The number of nitrogens with zero attached hydrogens (tertiary/aromatic N) is 1. The number of aliphatic hydroxyl groups is 1. The van der Waals surface area contributed by atoms with Gasteiger partial charge < -0.3 is 24.4 Å². The van der Waals surface area contributed by atoms with Gasteiger partial charge in [0.05, 0.1) is 31.9 Å². The minimum Gasteiger partial charge on any atom is -0.507 e. The number of rotatable bonds is 24. The highest BCUT2D eigenvalue weighted by molar-refractivity contribution is 5.93. The third-order valence-corrected chi connectivity index (χ3v) is 12.8. The molecule has 1 atom stereocenters. The standard InChI is InChI=1S/C59H93NO6/c1-18-20-22-24-26-28-32-65-52-46(55(5,6)7)36-44(37-47(52)56(8,9)10)59(63,51(34-41(3)4)60-40-43-35-42(54(62)64-17)30-31-50(43)61)45-38-48(57(11,12)13)53(49(39-45)58(14,15)16)66-33-29-27-25-23-21-19-2/h30-31,35-41,51,61,63H,18-29,32-34H2,1-17H3. The highest BCUT2D eigenvalue weighted by atomic mass is 16.5. The van der Waals surface area contributed by atoms with Gasteiger partial charge >= 0.3 is 5.97 Å². The van der Waals surface area contributed by atoms with Crippen molar-refractivity contribution >= 4 is 12.2 Å². The van der Waals surface area contributed by atoms with Gasteiger partial charge in [-0.1, -0.05) is 175 Å². The summed E-state index contributed by atoms with van der Waals surface area (Å²) in [6.07, 6.45) is 16.2. The number of phenols is 1. The van der Waals surface area contributed by atoms with E-state index in [0.29, 0.717) is 30.8 Å². The Morgan fingerprint density at radius 2 is 0.985 bits per heavy atom. The fourth-order valence-corrected chi connectivity index (χ4v) is 8.76. The van der Waals surface area contributed by atoms with Crippen molar-refractivity contribution < 1.29 is 29.2 Å². The number of esters is 1. The number of methoxy groups -OCH3 is 1. The molecule has 3 aromatic carbocycles. The van der Waals surface area contributed by atoms with E-state index in [1.807, 2.05) is 0 Å². The highest BCUT2D eigenvalue weighted by Gasteiger charge is 2.45. The van der Waals surface area contributed by atoms with Gasteiger partial charge in [-0.05, 0) is 100 Å². The lowest BCUT2D eigenvalue weighted by atomic mass is 9.69. The van der Waals surface area contributed by atoms with Gasteiger partial charge in [0.25, 0.3) is 0 Å². The molecule has 0 aliphatic heterocycles. The molecule has 0 aromatic heterocycles. The summed E-state index contributed by atoms with van der Waals surface area (Å²) < 4.78 is 18.8. The lowest BCUT2D eigenvalue weighted by Gasteiger charge is -2.41. The number of aromatic hydroxyl groups is 1. The zero-order valence-electron chi connectivity index (χ0n) is 44.9. The molecule has 66 heavy (non-hydrogen) atoms. The lowest BCUT2D eigenvalue weighted by Crippen LogP contribution is -2.42. The van der Waals surface area contributed by atoms with Crippen molar-refractivity contribution in [2.24, 2.45) is 10.9 Å². The summed E-state index contributed by atoms with van der Waals surface area (Å²) in [6, 6.07) is 12.6. The smallest absolute Gasteiger partial charge is 0.337 e. The van der Waals surface area contributed by atoms with E-state index in [2.05, 4.69) is 135 Å². The molecular formula is C59H93NO6. The molecule has 0 bridgehead atoms. The Morgan fingerprint density at radius 3 is 1.33 bits per heavy atom. The largest absolute Gasteiger partial charge is 0.507 e. The minimum atomic E-state index is -1.69. The van der Waals surface area contributed by atoms with Crippen molar-refractivity contribution in [1.82, 2.24) is 0 Å². The van der Waals surface area contributed by atoms with Gasteiger partial charge in [0, 0.05) is 34.0 Å². The summed E-state index contributed by atoms with van der Waals surface area (Å²) in [5.74, 6) is 1.39. The van der Waals surface area contributed by atoms with Crippen molar-refractivity contribution in [2.45, 2.75) is 228 Å². The predicted octanol–water partition coefficient (Wildman–Crippen LogP) is 15.6. The topological polar surface area (TPSA) is 97.6 Å². The molecule has 0 spiro atoms. The molecule has 0 saturated heterocycles. The molecule has 7 nitrogen and oxygen atoms in total. The maximum absolute atomic E-state index is 14.4. The van der Waals surface area contributed by atoms with Gasteiger partial charge in [0.15, 0.2) is 0 Å². The number of unbranched alkanes of at least 4 members (excludes halogenated alkanes) is 10. The van der Waals surface area contributed by atoms with E-state index in [1.54, 1.807) is 12.3 Å². The van der Waals surface area contributed by atoms with Crippen molar-refractivity contribution in [3.05, 3.63) is 87.0 Å². The third-order valence-electron chi connectivity index (χ3n) is 12.8. The van der Waals surface area contributed by atoms with Crippen LogP contribution >= 0.6 is 0 Å². The Hall–Kier alpha value is -3.84. The fourth-order valence-electron chi connectivity index (χ4n) is 8.76. The first-order chi connectivity index (χ1) is 30.7. The number of carbonyl (C=O) groups excluding carboxylic acids is 1. The van der Waals surface area contributed by atoms with E-state index in [4.69, 9.17) is 19.2 Å². The number of phenolic OH excluding ortho intramolecular Hbond substituents is 1. The van der Waals surface area contributed by atoms with E-state index >= 15 is 0 Å². The molecule has 2 N–H and O–H groups in total. The summed E-state index contributed by atoms with van der Waals surface area (Å²) in [5, 5.41) is 25.6. The van der Waals surface area contributed by atoms with Crippen molar-refractivity contribution in [1.29, 1.82) is 0 Å². The molecule has 7 heteroatoms. The Kier molecular flexibility index (Phi) is 20.9. The number of benzene rings is 3. The molecule has 0 saturated carbocycles. The summed E-state index contributed by atoms with van der Waals surface area (Å²) in [7, 11) is 1.34. The number of ether oxygens (including phenoxy) is 3. The van der Waals surface area contributed by atoms with Gasteiger partial charge in [-0.25, -0.2) is 4.79 Å². The predicted molar refractivity (Wildman–Crippen MR) is 279 cm³/mol. The Balaban J connectivity index is 2.53. The molecule has 0 amide bonds. The average molecular weight is 912 g/mol. The first-order valence-electron chi connectivity index (χ1n) is 25.5. The highest BCUT2D eigenvalue weighted by Crippen LogP contribution is 2.49. The van der Waals surface area contributed by atoms with Crippen LogP contribution in [0.5, 0.6) is 17.2 Å². The lowest BCUT2D eigenvalue weighted by molar-refractivity contribution is 0.0446. The summed E-state index contributed by atoms with van der Waals surface area (Å²) in [6.45, 7) is 36.7. The van der Waals surface area contributed by atoms with E-state index in [9.17, 15) is 15.0 Å². The fraction of sp³-hybridized carbons (Fsp3) is 0.661. The average Bonchev–Trinajstić information content (AvgIpc) is 3.22. The van der Waals surface area contributed by atoms with E-state index in [0.717, 1.165) is 70.6 Å². The van der Waals surface area contributed by atoms with E-state index < -0.39 is 17.6 Å². The van der Waals surface area contributed by atoms with Gasteiger partial charge in [0.1, 0.15) is 22.8 Å². The van der Waals surface area contributed by atoms with Gasteiger partial charge in [-0.15, -0.1) is 0 Å². The van der Waals surface area contributed by atoms with Crippen LogP contribution < -0.4 is 9.47 Å². The summed E-state index contributed by atoms with van der Waals surface area (Å²) >= 11 is 0. The van der Waals surface area contributed by atoms with Crippen LogP contribution in [0.1, 0.15) is 244 Å². The number of aliphatic imine (C=N–C) groups is 1. The van der Waals surface area contributed by atoms with Crippen LogP contribution in [0.4, 0.5) is 0 Å². The zero-order valence-corrected chi connectivity index (χ0v) is 44.9. The molecule has 3 rings (SSSR count). The maximum Gasteiger partial charge on any atom is 0.337 e. The van der Waals surface area contributed by atoms with Crippen LogP contribution in [0.2, 0.25) is 0 Å². The maximum atomic E-state index is 14.4. The van der Waals surface area contributed by atoms with Gasteiger partial charge in [-0.3, -0.25) is 4.99 Å². The number of hydrogen-bond donors (Lipinski definition) is 2. The van der Waals surface area contributed by atoms with Crippen LogP contribution in [0.25, 0.3) is 0 Å². The quantitative estimate of drug-likeness (QED) is 0.0528. The zero-order chi connectivity index (χ0) is 49.7. The molecule has 0 aliphatic carbocycles. The molecule has 0 fully saturated rings. The first-order valence-corrected chi connectivity index (χ1v) is 25.5. The number of hydrogen-bond acceptors (Lipinski definition) is 7. The van der Waals surface area contributed by atoms with Crippen LogP contribution in [-0.2, 0) is 32.0 Å². The molecular weight excluding hydrogens is 819 g/mol. The SMILES string of the molecule is CCCCCCCCOc1c(C(C)(C)C)cc(C(O)(c2cc(C(C)(C)C)c(OCCCCCCCC)c(C(C)(C)C)c2)C(CC(C)C)N=Cc2cc(C(=O)OC)ccc2O)cc1C(C)(C)C. The molecule has 3 aromatic rings. The third kappa shape index (κ3) is 15.6. The van der Waals surface area contributed by atoms with Crippen LogP contribution in [-0.4, -0.2) is 48.8 Å². The number of carbonyl (C=O) groups is 1. The normalized spacial score (nSPS) is 13.4. The second kappa shape index (κ2) is 24.4. The molecule has 0 heterocycles. The molecule has 0 radical (unpaired) electrons. The van der Waals surface area contributed by atoms with Crippen LogP contribution in [0.15, 0.2) is 47.5 Å². The first kappa shape index (κ1) is 56.5. The second-order valence-corrected chi connectivity index (χ2v) is 23.5. The molecule has 1 unspecified atom stereocenters. The summed E-state index contributed by atoms with van der Waals surface area (Å²) in [4.78, 5) is 18.0. The van der Waals surface area contributed by atoms with Crippen LogP contribution in [0.3, 0.4) is 0 Å². The Morgan fingerprint density at radius 1 is 0.606 bits per heavy atom. The molecule has 0 aliphatic rings. The van der Waals surface area contributed by atoms with Gasteiger partial charge in [-0.2, -0.15) is 0 Å². The van der Waals surface area contributed by atoms with Crippen molar-refractivity contribution in [3.63, 3.8) is 0 Å². The van der Waals surface area contributed by atoms with Crippen molar-refractivity contribution in [3.8, 4) is 17.2 Å². The van der Waals surface area contributed by atoms with Crippen LogP contribution in [0, 0.1) is 5.92 Å².